The van der Waals surface area contributed by atoms with Gasteiger partial charge in [0.25, 0.3) is 5.91 Å². The van der Waals surface area contributed by atoms with Gasteiger partial charge in [-0.05, 0) is 19.1 Å². The molecule has 1 aromatic heterocycles. The molecule has 1 heterocycles. The van der Waals surface area contributed by atoms with Crippen LogP contribution in [0.4, 0.5) is 0 Å². The number of aromatic nitrogens is 1. The summed E-state index contributed by atoms with van der Waals surface area (Å²) in [5, 5.41) is 1.63. The number of hydrazine groups is 1. The van der Waals surface area contributed by atoms with Crippen LogP contribution < -0.4 is 11.3 Å². The van der Waals surface area contributed by atoms with E-state index in [1.807, 2.05) is 24.4 Å². The second-order valence-corrected chi connectivity index (χ2v) is 3.99. The lowest BCUT2D eigenvalue weighted by molar-refractivity contribution is -0.123. The van der Waals surface area contributed by atoms with E-state index in [0.717, 1.165) is 10.9 Å². The summed E-state index contributed by atoms with van der Waals surface area (Å²) in [5.74, 6) is 4.86. The molecule has 0 aliphatic heterocycles. The Morgan fingerprint density at radius 3 is 2.94 bits per heavy atom. The number of carbonyl (C=O) groups excluding carboxylic acids is 1. The molecule has 84 valence electrons. The van der Waals surface area contributed by atoms with Crippen LogP contribution in [0.2, 0.25) is 5.02 Å². The Morgan fingerprint density at radius 2 is 2.25 bits per heavy atom. The Morgan fingerprint density at radius 1 is 1.50 bits per heavy atom. The molecule has 2 aromatic rings. The number of halogens is 1. The van der Waals surface area contributed by atoms with Gasteiger partial charge in [0.05, 0.1) is 10.5 Å². The molecule has 1 aromatic carbocycles. The minimum atomic E-state index is -0.387. The molecule has 1 unspecified atom stereocenters. The highest BCUT2D eigenvalue weighted by Crippen LogP contribution is 2.27. The van der Waals surface area contributed by atoms with Crippen molar-refractivity contribution in [3.05, 3.63) is 35.5 Å². The molecular weight excluding hydrogens is 226 g/mol. The van der Waals surface area contributed by atoms with Crippen LogP contribution in [0, 0.1) is 0 Å². The first-order valence-corrected chi connectivity index (χ1v) is 5.28. The predicted octanol–water partition coefficient (Wildman–Crippen LogP) is 1.85. The maximum absolute atomic E-state index is 11.5. The van der Waals surface area contributed by atoms with Crippen molar-refractivity contribution in [1.29, 1.82) is 0 Å². The molecule has 5 heteroatoms. The van der Waals surface area contributed by atoms with Crippen LogP contribution in [0.25, 0.3) is 10.9 Å². The van der Waals surface area contributed by atoms with Gasteiger partial charge in [0.2, 0.25) is 0 Å². The summed E-state index contributed by atoms with van der Waals surface area (Å²) >= 11 is 6.11. The molecule has 0 radical (unpaired) electrons. The highest BCUT2D eigenvalue weighted by Gasteiger charge is 2.16. The van der Waals surface area contributed by atoms with E-state index in [4.69, 9.17) is 17.4 Å². The first-order chi connectivity index (χ1) is 7.65. The summed E-state index contributed by atoms with van der Waals surface area (Å²) < 4.78 is 1.81. The fourth-order valence-corrected chi connectivity index (χ4v) is 2.02. The molecule has 0 saturated heterocycles. The molecule has 0 fully saturated rings. The van der Waals surface area contributed by atoms with Crippen LogP contribution in [0.3, 0.4) is 0 Å². The third-order valence-corrected chi connectivity index (χ3v) is 2.93. The van der Waals surface area contributed by atoms with Crippen LogP contribution in [-0.2, 0) is 4.79 Å². The zero-order valence-corrected chi connectivity index (χ0v) is 9.53. The minimum absolute atomic E-state index is 0.252. The molecule has 0 bridgehead atoms. The Hall–Kier alpha value is -1.52. The predicted molar refractivity (Wildman–Crippen MR) is 64.0 cm³/mol. The normalized spacial score (nSPS) is 12.7. The van der Waals surface area contributed by atoms with Gasteiger partial charge in [0.15, 0.2) is 0 Å². The smallest absolute Gasteiger partial charge is 0.256 e. The first kappa shape index (κ1) is 11.0. The third-order valence-electron chi connectivity index (χ3n) is 2.63. The third kappa shape index (κ3) is 1.66. The van der Waals surface area contributed by atoms with Crippen LogP contribution in [-0.4, -0.2) is 10.5 Å². The molecule has 4 nitrogen and oxygen atoms in total. The lowest BCUT2D eigenvalue weighted by Crippen LogP contribution is -2.35. The summed E-state index contributed by atoms with van der Waals surface area (Å²) in [6, 6.07) is 7.16. The van der Waals surface area contributed by atoms with Crippen molar-refractivity contribution < 1.29 is 4.79 Å². The monoisotopic (exact) mass is 237 g/mol. The number of benzene rings is 1. The Labute approximate surface area is 98.0 Å². The zero-order valence-electron chi connectivity index (χ0n) is 8.77. The second kappa shape index (κ2) is 4.15. The van der Waals surface area contributed by atoms with Crippen molar-refractivity contribution in [3.8, 4) is 0 Å². The molecule has 16 heavy (non-hydrogen) atoms. The van der Waals surface area contributed by atoms with E-state index in [0.29, 0.717) is 5.02 Å². The van der Waals surface area contributed by atoms with E-state index in [-0.39, 0.29) is 11.9 Å². The topological polar surface area (TPSA) is 60.1 Å². The number of rotatable bonds is 2. The number of para-hydroxylation sites is 1. The Kier molecular flexibility index (Phi) is 2.85. The Bertz CT molecular complexity index is 535. The molecule has 0 aliphatic rings. The number of nitrogens with one attached hydrogen (secondary N) is 1. The molecule has 2 rings (SSSR count). The van der Waals surface area contributed by atoms with E-state index in [9.17, 15) is 4.79 Å². The summed E-state index contributed by atoms with van der Waals surface area (Å²) in [5.41, 5.74) is 2.98. The highest BCUT2D eigenvalue weighted by atomic mass is 35.5. The fraction of sp³-hybridized carbons (Fsp3) is 0.182. The number of nitrogens with two attached hydrogens (primary N) is 1. The fourth-order valence-electron chi connectivity index (χ4n) is 1.74. The zero-order chi connectivity index (χ0) is 11.7. The van der Waals surface area contributed by atoms with Gasteiger partial charge >= 0.3 is 0 Å². The quantitative estimate of drug-likeness (QED) is 0.476. The number of hydrogen-bond acceptors (Lipinski definition) is 2. The maximum Gasteiger partial charge on any atom is 0.256 e. The summed E-state index contributed by atoms with van der Waals surface area (Å²) in [6.07, 6.45) is 1.83. The van der Waals surface area contributed by atoms with Crippen molar-refractivity contribution in [2.45, 2.75) is 13.0 Å². The van der Waals surface area contributed by atoms with Crippen LogP contribution in [0.5, 0.6) is 0 Å². The SMILES string of the molecule is CC(C(=O)NN)n1ccc2cccc(Cl)c21. The number of amides is 1. The van der Waals surface area contributed by atoms with Crippen molar-refractivity contribution >= 4 is 28.4 Å². The van der Waals surface area contributed by atoms with E-state index >= 15 is 0 Å². The molecule has 1 amide bonds. The van der Waals surface area contributed by atoms with Crippen LogP contribution in [0.1, 0.15) is 13.0 Å². The second-order valence-electron chi connectivity index (χ2n) is 3.59. The number of hydrogen-bond donors (Lipinski definition) is 2. The summed E-state index contributed by atoms with van der Waals surface area (Å²) in [7, 11) is 0. The number of nitrogens with zero attached hydrogens (tertiary/aromatic N) is 1. The molecule has 1 atom stereocenters. The molecular formula is C11H12ClN3O. The van der Waals surface area contributed by atoms with E-state index < -0.39 is 0 Å². The van der Waals surface area contributed by atoms with Crippen molar-refractivity contribution in [1.82, 2.24) is 9.99 Å². The highest BCUT2D eigenvalue weighted by molar-refractivity contribution is 6.35. The van der Waals surface area contributed by atoms with E-state index in [1.54, 1.807) is 17.6 Å². The van der Waals surface area contributed by atoms with Gasteiger partial charge in [-0.2, -0.15) is 0 Å². The van der Waals surface area contributed by atoms with E-state index in [2.05, 4.69) is 5.43 Å². The number of fused-ring (bicyclic) bond motifs is 1. The minimum Gasteiger partial charge on any atom is -0.334 e. The first-order valence-electron chi connectivity index (χ1n) is 4.90. The van der Waals surface area contributed by atoms with Crippen LogP contribution in [0.15, 0.2) is 30.5 Å². The lowest BCUT2D eigenvalue weighted by Gasteiger charge is -2.13. The molecule has 0 aliphatic carbocycles. The largest absolute Gasteiger partial charge is 0.334 e. The Balaban J connectivity index is 2.57. The summed E-state index contributed by atoms with van der Waals surface area (Å²) in [4.78, 5) is 11.5. The van der Waals surface area contributed by atoms with Crippen molar-refractivity contribution in [2.75, 3.05) is 0 Å². The average molecular weight is 238 g/mol. The number of carbonyl (C=O) groups is 1. The molecule has 0 spiro atoms. The molecule has 0 saturated carbocycles. The van der Waals surface area contributed by atoms with E-state index in [1.165, 1.54) is 0 Å². The van der Waals surface area contributed by atoms with Gasteiger partial charge in [0.1, 0.15) is 6.04 Å². The van der Waals surface area contributed by atoms with Crippen LogP contribution >= 0.6 is 11.6 Å². The van der Waals surface area contributed by atoms with Gasteiger partial charge in [-0.15, -0.1) is 0 Å². The standard InChI is InChI=1S/C11H12ClN3O/c1-7(11(16)14-13)15-6-5-8-3-2-4-9(12)10(8)15/h2-7H,13H2,1H3,(H,14,16). The maximum atomic E-state index is 11.5. The average Bonchev–Trinajstić information content (AvgIpc) is 2.72. The van der Waals surface area contributed by atoms with Gasteiger partial charge in [0, 0.05) is 11.6 Å². The van der Waals surface area contributed by atoms with Crippen molar-refractivity contribution in [3.63, 3.8) is 0 Å². The lowest BCUT2D eigenvalue weighted by atomic mass is 10.2. The van der Waals surface area contributed by atoms with Gasteiger partial charge in [-0.25, -0.2) is 5.84 Å². The van der Waals surface area contributed by atoms with Crippen molar-refractivity contribution in [2.24, 2.45) is 5.84 Å². The van der Waals surface area contributed by atoms with Gasteiger partial charge in [-0.3, -0.25) is 10.2 Å². The van der Waals surface area contributed by atoms with Gasteiger partial charge < -0.3 is 4.57 Å². The van der Waals surface area contributed by atoms with Gasteiger partial charge in [-0.1, -0.05) is 23.7 Å². The summed E-state index contributed by atoms with van der Waals surface area (Å²) in [6.45, 7) is 1.77. The molecule has 3 N–H and O–H groups in total.